The molecule has 0 saturated carbocycles. The van der Waals surface area contributed by atoms with Crippen LogP contribution in [0.3, 0.4) is 0 Å². The van der Waals surface area contributed by atoms with E-state index in [1.54, 1.807) is 0 Å². The normalized spacial score (nSPS) is 10.8. The number of rotatable bonds is 7. The van der Waals surface area contributed by atoms with Crippen LogP contribution < -0.4 is 4.90 Å². The van der Waals surface area contributed by atoms with Gasteiger partial charge in [0.2, 0.25) is 0 Å². The Morgan fingerprint density at radius 1 is 1.26 bits per heavy atom. The van der Waals surface area contributed by atoms with Crippen LogP contribution in [0.1, 0.15) is 12.0 Å². The largest absolute Gasteiger partial charge is 0.481 e. The number of nitrogens with zero attached hydrogens (tertiary/aromatic N) is 2. The summed E-state index contributed by atoms with van der Waals surface area (Å²) in [5.74, 6) is -0.783. The van der Waals surface area contributed by atoms with Crippen LogP contribution in [0, 0.1) is 6.92 Å². The first-order valence-corrected chi connectivity index (χ1v) is 6.65. The van der Waals surface area contributed by atoms with Crippen molar-refractivity contribution in [2.75, 3.05) is 38.6 Å². The molecule has 0 amide bonds. The molecule has 1 aromatic carbocycles. The van der Waals surface area contributed by atoms with Crippen LogP contribution in [0.25, 0.3) is 0 Å². The number of aliphatic carboxylic acids is 1. The van der Waals surface area contributed by atoms with Crippen molar-refractivity contribution in [3.05, 3.63) is 28.8 Å². The molecule has 0 heterocycles. The number of carbonyl (C=O) groups is 1. The van der Waals surface area contributed by atoms with Gasteiger partial charge in [-0.2, -0.15) is 0 Å². The van der Waals surface area contributed by atoms with Crippen LogP contribution in [0.15, 0.2) is 18.2 Å². The van der Waals surface area contributed by atoms with Gasteiger partial charge < -0.3 is 14.9 Å². The van der Waals surface area contributed by atoms with Crippen molar-refractivity contribution in [1.82, 2.24) is 4.90 Å². The molecule has 0 radical (unpaired) electrons. The number of carboxylic acids is 1. The second-order valence-electron chi connectivity index (χ2n) is 4.86. The third-order valence-corrected chi connectivity index (χ3v) is 3.16. The average molecular weight is 285 g/mol. The van der Waals surface area contributed by atoms with Crippen LogP contribution in [-0.2, 0) is 4.79 Å². The number of aryl methyl sites for hydroxylation is 1. The molecule has 1 N–H and O–H groups in total. The lowest BCUT2D eigenvalue weighted by molar-refractivity contribution is -0.136. The molecule has 1 rings (SSSR count). The zero-order chi connectivity index (χ0) is 14.4. The fourth-order valence-electron chi connectivity index (χ4n) is 1.83. The van der Waals surface area contributed by atoms with Gasteiger partial charge in [0.25, 0.3) is 0 Å². The Hall–Kier alpha value is -1.26. The lowest BCUT2D eigenvalue weighted by Crippen LogP contribution is -2.33. The smallest absolute Gasteiger partial charge is 0.305 e. The van der Waals surface area contributed by atoms with Crippen molar-refractivity contribution in [2.45, 2.75) is 13.3 Å². The maximum Gasteiger partial charge on any atom is 0.305 e. The minimum Gasteiger partial charge on any atom is -0.481 e. The predicted molar refractivity (Wildman–Crippen MR) is 79.2 cm³/mol. The monoisotopic (exact) mass is 284 g/mol. The molecule has 4 nitrogen and oxygen atoms in total. The zero-order valence-corrected chi connectivity index (χ0v) is 12.4. The fourth-order valence-corrected chi connectivity index (χ4v) is 1.99. The maximum atomic E-state index is 10.8. The van der Waals surface area contributed by atoms with Gasteiger partial charge in [0, 0.05) is 30.3 Å². The summed E-state index contributed by atoms with van der Waals surface area (Å²) in [5, 5.41) is 9.52. The first-order valence-electron chi connectivity index (χ1n) is 6.28. The average Bonchev–Trinajstić information content (AvgIpc) is 2.32. The number of halogens is 1. The van der Waals surface area contributed by atoms with Gasteiger partial charge in [-0.1, -0.05) is 17.7 Å². The topological polar surface area (TPSA) is 43.8 Å². The minimum absolute atomic E-state index is 0.124. The molecule has 1 aromatic rings. The quantitative estimate of drug-likeness (QED) is 0.835. The third kappa shape index (κ3) is 5.49. The predicted octanol–water partition coefficient (Wildman–Crippen LogP) is 2.49. The van der Waals surface area contributed by atoms with Gasteiger partial charge in [0.05, 0.1) is 6.42 Å². The molecule has 0 unspecified atom stereocenters. The molecular weight excluding hydrogens is 264 g/mol. The Balaban J connectivity index is 2.86. The molecule has 0 fully saturated rings. The number of likely N-dealkylation sites (N-methyl/N-ethyl adjacent to an activating group) is 1. The highest BCUT2D eigenvalue weighted by atomic mass is 35.5. The van der Waals surface area contributed by atoms with Crippen LogP contribution in [0.4, 0.5) is 5.69 Å². The summed E-state index contributed by atoms with van der Waals surface area (Å²) in [7, 11) is 4.00. The van der Waals surface area contributed by atoms with Crippen LogP contribution >= 0.6 is 11.6 Å². The zero-order valence-electron chi connectivity index (χ0n) is 11.7. The summed E-state index contributed by atoms with van der Waals surface area (Å²) in [4.78, 5) is 14.9. The van der Waals surface area contributed by atoms with Crippen molar-refractivity contribution in [2.24, 2.45) is 0 Å². The van der Waals surface area contributed by atoms with Crippen LogP contribution in [-0.4, -0.2) is 49.7 Å². The summed E-state index contributed by atoms with van der Waals surface area (Å²) < 4.78 is 0. The van der Waals surface area contributed by atoms with Crippen molar-refractivity contribution < 1.29 is 9.90 Å². The molecule has 0 aliphatic rings. The second-order valence-corrected chi connectivity index (χ2v) is 5.30. The van der Waals surface area contributed by atoms with E-state index in [0.717, 1.165) is 24.3 Å². The van der Waals surface area contributed by atoms with Crippen molar-refractivity contribution >= 4 is 23.3 Å². The Labute approximate surface area is 119 Å². The highest BCUT2D eigenvalue weighted by molar-refractivity contribution is 6.30. The summed E-state index contributed by atoms with van der Waals surface area (Å²) in [6.45, 7) is 4.15. The lowest BCUT2D eigenvalue weighted by Gasteiger charge is -2.27. The molecule has 0 aliphatic carbocycles. The van der Waals surface area contributed by atoms with E-state index in [-0.39, 0.29) is 6.42 Å². The van der Waals surface area contributed by atoms with E-state index in [9.17, 15) is 4.79 Å². The Kier molecular flexibility index (Phi) is 6.12. The van der Waals surface area contributed by atoms with Gasteiger partial charge in [0.1, 0.15) is 0 Å². The van der Waals surface area contributed by atoms with Gasteiger partial charge in [0.15, 0.2) is 0 Å². The van der Waals surface area contributed by atoms with Gasteiger partial charge in [-0.15, -0.1) is 0 Å². The van der Waals surface area contributed by atoms with Crippen molar-refractivity contribution in [3.8, 4) is 0 Å². The Morgan fingerprint density at radius 3 is 2.53 bits per heavy atom. The van der Waals surface area contributed by atoms with E-state index in [1.807, 2.05) is 39.2 Å². The molecule has 0 atom stereocenters. The summed E-state index contributed by atoms with van der Waals surface area (Å²) >= 11 is 6.03. The van der Waals surface area contributed by atoms with E-state index in [0.29, 0.717) is 11.6 Å². The number of hydrogen-bond acceptors (Lipinski definition) is 3. The summed E-state index contributed by atoms with van der Waals surface area (Å²) in [6.07, 6.45) is 0.124. The third-order valence-electron chi connectivity index (χ3n) is 2.92. The number of hydrogen-bond donors (Lipinski definition) is 1. The molecule has 0 aliphatic heterocycles. The second kappa shape index (κ2) is 7.36. The molecular formula is C14H21ClN2O2. The van der Waals surface area contributed by atoms with Gasteiger partial charge in [-0.05, 0) is 38.7 Å². The highest BCUT2D eigenvalue weighted by Gasteiger charge is 2.12. The molecule has 0 bridgehead atoms. The summed E-state index contributed by atoms with van der Waals surface area (Å²) in [6, 6.07) is 5.71. The number of benzene rings is 1. The highest BCUT2D eigenvalue weighted by Crippen LogP contribution is 2.24. The molecule has 0 spiro atoms. The fraction of sp³-hybridized carbons (Fsp3) is 0.500. The maximum absolute atomic E-state index is 10.8. The molecule has 19 heavy (non-hydrogen) atoms. The Bertz CT molecular complexity index is 435. The standard InChI is InChI=1S/C14H21ClN2O2/c1-11-4-5-12(15)10-13(11)17(7-6-14(18)19)9-8-16(2)3/h4-5,10H,6-9H2,1-3H3,(H,18,19). The van der Waals surface area contributed by atoms with E-state index in [1.165, 1.54) is 0 Å². The Morgan fingerprint density at radius 2 is 1.95 bits per heavy atom. The molecule has 106 valence electrons. The molecule has 0 saturated heterocycles. The lowest BCUT2D eigenvalue weighted by atomic mass is 10.1. The number of anilines is 1. The first-order chi connectivity index (χ1) is 8.90. The van der Waals surface area contributed by atoms with E-state index >= 15 is 0 Å². The molecule has 0 aromatic heterocycles. The molecule has 5 heteroatoms. The minimum atomic E-state index is -0.783. The van der Waals surface area contributed by atoms with Crippen LogP contribution in [0.2, 0.25) is 5.02 Å². The van der Waals surface area contributed by atoms with Gasteiger partial charge >= 0.3 is 5.97 Å². The van der Waals surface area contributed by atoms with Crippen molar-refractivity contribution in [3.63, 3.8) is 0 Å². The van der Waals surface area contributed by atoms with E-state index in [4.69, 9.17) is 16.7 Å². The van der Waals surface area contributed by atoms with Crippen molar-refractivity contribution in [1.29, 1.82) is 0 Å². The van der Waals surface area contributed by atoms with Gasteiger partial charge in [-0.3, -0.25) is 4.79 Å². The van der Waals surface area contributed by atoms with Crippen LogP contribution in [0.5, 0.6) is 0 Å². The SMILES string of the molecule is Cc1ccc(Cl)cc1N(CCC(=O)O)CCN(C)C. The summed E-state index contributed by atoms with van der Waals surface area (Å²) in [5.41, 5.74) is 2.11. The van der Waals surface area contributed by atoms with Gasteiger partial charge in [-0.25, -0.2) is 0 Å². The van der Waals surface area contributed by atoms with E-state index in [2.05, 4.69) is 9.80 Å². The first kappa shape index (κ1) is 15.8. The van der Waals surface area contributed by atoms with E-state index < -0.39 is 5.97 Å². The number of carboxylic acid groups (broad SMARTS) is 1.